The van der Waals surface area contributed by atoms with Crippen molar-refractivity contribution in [2.75, 3.05) is 31.2 Å². The Morgan fingerprint density at radius 2 is 1.95 bits per heavy atom. The highest BCUT2D eigenvalue weighted by Crippen LogP contribution is 2.32. The second-order valence-electron chi connectivity index (χ2n) is 12.6. The van der Waals surface area contributed by atoms with Crippen molar-refractivity contribution in [1.82, 2.24) is 28.7 Å². The lowest BCUT2D eigenvalue weighted by Crippen LogP contribution is -2.47. The molecule has 5 rings (SSSR count). The minimum atomic E-state index is -3.22. The number of carbonyl (C=O) groups is 1. The van der Waals surface area contributed by atoms with E-state index in [9.17, 15) is 13.2 Å². The molecule has 1 unspecified atom stereocenters. The number of nitrogens with one attached hydrogen (secondary N) is 1. The maximum atomic E-state index is 12.9. The normalized spacial score (nSPS) is 19.9. The standard InChI is InChI=1S/C31H40ClN7O4S/c1-20-16-33-29(35-24-12-14-38(17-21(24)2)44(6,41)42)36-28(20)25-18-37(19-34-25)27-11-10-22(15-23(27)32)26-9-7-8-13-39(26)30(40)43-31(3,4)5/h9-11,15-16,18-19,21,24H,7-8,12-14,17H2,1-6H3,(H,33,35,36)/t21-,24?/m1/s1. The summed E-state index contributed by atoms with van der Waals surface area (Å²) in [6.07, 6.45) is 10.7. The Bertz CT molecular complexity index is 1680. The number of ether oxygens (including phenoxy) is 1. The number of benzene rings is 1. The van der Waals surface area contributed by atoms with Crippen molar-refractivity contribution in [1.29, 1.82) is 0 Å². The van der Waals surface area contributed by atoms with Gasteiger partial charge in [0.05, 0.1) is 28.4 Å². The summed E-state index contributed by atoms with van der Waals surface area (Å²) >= 11 is 6.80. The fourth-order valence-corrected chi connectivity index (χ4v) is 6.73. The number of sulfonamides is 1. The van der Waals surface area contributed by atoms with Crippen LogP contribution in [0.15, 0.2) is 43.0 Å². The van der Waals surface area contributed by atoms with Crippen molar-refractivity contribution in [3.05, 3.63) is 59.1 Å². The third-order valence-electron chi connectivity index (χ3n) is 7.80. The SMILES string of the molecule is Cc1cnc(NC2CCN(S(C)(=O)=O)C[C@H]2C)nc1-c1cn(-c2ccc(C3=CCCCN3C(=O)OC(C)(C)C)cc2Cl)cn1. The molecule has 3 aromatic rings. The summed E-state index contributed by atoms with van der Waals surface area (Å²) in [5.74, 6) is 0.569. The molecule has 2 atom stereocenters. The van der Waals surface area contributed by atoms with E-state index < -0.39 is 15.6 Å². The number of piperidine rings is 1. The first-order chi connectivity index (χ1) is 20.7. The molecule has 236 valence electrons. The summed E-state index contributed by atoms with van der Waals surface area (Å²) in [4.78, 5) is 28.5. The quantitative estimate of drug-likeness (QED) is 0.361. The van der Waals surface area contributed by atoms with E-state index in [1.165, 1.54) is 10.6 Å². The first-order valence-electron chi connectivity index (χ1n) is 14.8. The van der Waals surface area contributed by atoms with Crippen molar-refractivity contribution in [2.45, 2.75) is 65.5 Å². The smallest absolute Gasteiger partial charge is 0.414 e. The summed E-state index contributed by atoms with van der Waals surface area (Å²) in [5, 5.41) is 3.92. The second kappa shape index (κ2) is 12.5. The van der Waals surface area contributed by atoms with E-state index in [0.717, 1.165) is 35.4 Å². The first-order valence-corrected chi connectivity index (χ1v) is 17.0. The predicted molar refractivity (Wildman–Crippen MR) is 172 cm³/mol. The average Bonchev–Trinajstić information content (AvgIpc) is 3.43. The van der Waals surface area contributed by atoms with Gasteiger partial charge in [-0.3, -0.25) is 4.90 Å². The molecule has 0 radical (unpaired) electrons. The molecule has 0 spiro atoms. The van der Waals surface area contributed by atoms with Crippen molar-refractivity contribution in [3.8, 4) is 17.1 Å². The number of rotatable bonds is 6. The van der Waals surface area contributed by atoms with Crippen LogP contribution in [0.25, 0.3) is 22.8 Å². The number of anilines is 1. The Balaban J connectivity index is 1.34. The third-order valence-corrected chi connectivity index (χ3v) is 9.37. The lowest BCUT2D eigenvalue weighted by atomic mass is 9.95. The van der Waals surface area contributed by atoms with Crippen molar-refractivity contribution < 1.29 is 17.9 Å². The summed E-state index contributed by atoms with van der Waals surface area (Å²) < 4.78 is 33.0. The van der Waals surface area contributed by atoms with Gasteiger partial charge in [0.1, 0.15) is 17.6 Å². The van der Waals surface area contributed by atoms with Gasteiger partial charge in [0.2, 0.25) is 16.0 Å². The Morgan fingerprint density at radius 3 is 2.64 bits per heavy atom. The molecule has 13 heteroatoms. The Hall–Kier alpha value is -3.48. The molecule has 1 amide bonds. The number of halogens is 1. The molecule has 0 saturated carbocycles. The molecule has 0 aliphatic carbocycles. The fourth-order valence-electron chi connectivity index (χ4n) is 5.51. The maximum Gasteiger partial charge on any atom is 0.414 e. The number of nitrogens with zero attached hydrogens (tertiary/aromatic N) is 6. The molecule has 1 N–H and O–H groups in total. The van der Waals surface area contributed by atoms with Crippen molar-refractivity contribution in [2.24, 2.45) is 5.92 Å². The van der Waals surface area contributed by atoms with Gasteiger partial charge in [-0.05, 0) is 76.1 Å². The number of aryl methyl sites for hydroxylation is 1. The van der Waals surface area contributed by atoms with Crippen LogP contribution in [0.5, 0.6) is 0 Å². The second-order valence-corrected chi connectivity index (χ2v) is 14.9. The minimum Gasteiger partial charge on any atom is -0.443 e. The zero-order valence-electron chi connectivity index (χ0n) is 26.0. The summed E-state index contributed by atoms with van der Waals surface area (Å²) in [6.45, 7) is 11.0. The third kappa shape index (κ3) is 7.24. The molecule has 0 bridgehead atoms. The lowest BCUT2D eigenvalue weighted by Gasteiger charge is -2.35. The van der Waals surface area contributed by atoms with Crippen LogP contribution in [0, 0.1) is 12.8 Å². The van der Waals surface area contributed by atoms with Gasteiger partial charge in [0.25, 0.3) is 0 Å². The molecule has 1 aromatic carbocycles. The maximum absolute atomic E-state index is 12.9. The largest absolute Gasteiger partial charge is 0.443 e. The monoisotopic (exact) mass is 641 g/mol. The molecule has 2 aromatic heterocycles. The van der Waals surface area contributed by atoms with Crippen LogP contribution in [-0.2, 0) is 14.8 Å². The molecular formula is C31H40ClN7O4S. The molecule has 2 aliphatic rings. The molecule has 4 heterocycles. The number of aromatic nitrogens is 4. The van der Waals surface area contributed by atoms with E-state index in [0.29, 0.717) is 48.4 Å². The summed E-state index contributed by atoms with van der Waals surface area (Å²) in [6, 6.07) is 5.77. The van der Waals surface area contributed by atoms with Crippen molar-refractivity contribution in [3.63, 3.8) is 0 Å². The number of carbonyl (C=O) groups excluding carboxylic acids is 1. The fraction of sp³-hybridized carbons (Fsp3) is 0.484. The van der Waals surface area contributed by atoms with Gasteiger partial charge in [0, 0.05) is 38.1 Å². The molecule has 1 saturated heterocycles. The van der Waals surface area contributed by atoms with E-state index in [-0.39, 0.29) is 18.1 Å². The number of hydrogen-bond acceptors (Lipinski definition) is 8. The molecule has 11 nitrogen and oxygen atoms in total. The Kier molecular flexibility index (Phi) is 9.06. The number of imidazole rings is 1. The van der Waals surface area contributed by atoms with Crippen LogP contribution in [0.4, 0.5) is 10.7 Å². The number of amides is 1. The van der Waals surface area contributed by atoms with Crippen LogP contribution in [0.3, 0.4) is 0 Å². The van der Waals surface area contributed by atoms with E-state index in [4.69, 9.17) is 21.3 Å². The molecular weight excluding hydrogens is 602 g/mol. The molecule has 44 heavy (non-hydrogen) atoms. The zero-order valence-corrected chi connectivity index (χ0v) is 27.6. The van der Waals surface area contributed by atoms with E-state index in [1.807, 2.05) is 69.7 Å². The van der Waals surface area contributed by atoms with E-state index in [2.05, 4.69) is 15.3 Å². The predicted octanol–water partition coefficient (Wildman–Crippen LogP) is 5.74. The Morgan fingerprint density at radius 1 is 1.18 bits per heavy atom. The Labute approximate surface area is 264 Å². The van der Waals surface area contributed by atoms with Gasteiger partial charge < -0.3 is 14.6 Å². The molecule has 1 fully saturated rings. The van der Waals surface area contributed by atoms with Gasteiger partial charge in [-0.15, -0.1) is 0 Å². The van der Waals surface area contributed by atoms with Gasteiger partial charge in [-0.1, -0.05) is 30.7 Å². The number of hydrogen-bond donors (Lipinski definition) is 1. The zero-order chi connectivity index (χ0) is 31.8. The van der Waals surface area contributed by atoms with E-state index >= 15 is 0 Å². The highest BCUT2D eigenvalue weighted by molar-refractivity contribution is 7.88. The van der Waals surface area contributed by atoms with Crippen LogP contribution in [0.1, 0.15) is 58.1 Å². The minimum absolute atomic E-state index is 0.0453. The van der Waals surface area contributed by atoms with E-state index in [1.54, 1.807) is 17.4 Å². The van der Waals surface area contributed by atoms with Crippen molar-refractivity contribution >= 4 is 39.4 Å². The average molecular weight is 642 g/mol. The summed E-state index contributed by atoms with van der Waals surface area (Å²) in [7, 11) is -3.22. The number of allylic oxidation sites excluding steroid dienone is 1. The van der Waals surface area contributed by atoms with Crippen LogP contribution >= 0.6 is 11.6 Å². The molecule has 2 aliphatic heterocycles. The topological polar surface area (TPSA) is 123 Å². The lowest BCUT2D eigenvalue weighted by molar-refractivity contribution is 0.0346. The van der Waals surface area contributed by atoms with Gasteiger partial charge in [-0.25, -0.2) is 32.5 Å². The highest BCUT2D eigenvalue weighted by Gasteiger charge is 2.31. The first kappa shape index (κ1) is 31.9. The van der Waals surface area contributed by atoms with Crippen LogP contribution < -0.4 is 5.32 Å². The van der Waals surface area contributed by atoms with Crippen LogP contribution in [0.2, 0.25) is 5.02 Å². The van der Waals surface area contributed by atoms with Gasteiger partial charge in [0.15, 0.2) is 0 Å². The van der Waals surface area contributed by atoms with Gasteiger partial charge in [-0.2, -0.15) is 0 Å². The van der Waals surface area contributed by atoms with Crippen LogP contribution in [-0.4, -0.2) is 80.8 Å². The van der Waals surface area contributed by atoms with Gasteiger partial charge >= 0.3 is 6.09 Å². The highest BCUT2D eigenvalue weighted by atomic mass is 35.5. The summed E-state index contributed by atoms with van der Waals surface area (Å²) in [5.41, 5.74) is 4.01.